The number of halogens is 3. The monoisotopic (exact) mass is 283 g/mol. The summed E-state index contributed by atoms with van der Waals surface area (Å²) in [4.78, 5) is 15.3. The second-order valence-corrected chi connectivity index (χ2v) is 4.99. The number of amides is 1. The highest BCUT2D eigenvalue weighted by Crippen LogP contribution is 2.37. The van der Waals surface area contributed by atoms with E-state index in [-0.39, 0.29) is 17.0 Å². The van der Waals surface area contributed by atoms with Gasteiger partial charge in [0.05, 0.1) is 11.1 Å². The molecule has 0 bridgehead atoms. The Labute approximate surface area is 112 Å². The summed E-state index contributed by atoms with van der Waals surface area (Å²) in [6.07, 6.45) is 0.757. The molecule has 1 saturated carbocycles. The molecule has 1 aliphatic carbocycles. The molecule has 3 rings (SSSR count). The molecule has 2 N–H and O–H groups in total. The van der Waals surface area contributed by atoms with E-state index in [9.17, 15) is 18.0 Å². The summed E-state index contributed by atoms with van der Waals surface area (Å²) in [7, 11) is 0. The van der Waals surface area contributed by atoms with Crippen molar-refractivity contribution in [3.8, 4) is 0 Å². The highest BCUT2D eigenvalue weighted by atomic mass is 19.4. The lowest BCUT2D eigenvalue weighted by molar-refractivity contribution is -0.137. The number of hydrogen-bond acceptors (Lipinski definition) is 2. The van der Waals surface area contributed by atoms with Gasteiger partial charge in [-0.3, -0.25) is 4.79 Å². The fourth-order valence-corrected chi connectivity index (χ4v) is 2.43. The number of rotatable bonds is 2. The first-order valence-electron chi connectivity index (χ1n) is 6.25. The van der Waals surface area contributed by atoms with Gasteiger partial charge in [-0.25, -0.2) is 4.98 Å². The Balaban J connectivity index is 2.22. The van der Waals surface area contributed by atoms with E-state index in [1.807, 2.05) is 0 Å². The SMILES string of the molecule is NC(=O)c1cn(C2CCC2)c2ncc(C(F)(F)F)cc12. The smallest absolute Gasteiger partial charge is 0.366 e. The number of hydrogen-bond donors (Lipinski definition) is 1. The van der Waals surface area contributed by atoms with E-state index >= 15 is 0 Å². The van der Waals surface area contributed by atoms with Crippen LogP contribution in [0, 0.1) is 0 Å². The molecule has 2 heterocycles. The Morgan fingerprint density at radius 2 is 2.10 bits per heavy atom. The largest absolute Gasteiger partial charge is 0.417 e. The van der Waals surface area contributed by atoms with Crippen LogP contribution in [0.2, 0.25) is 0 Å². The standard InChI is InChI=1S/C13H12F3N3O/c14-13(15,16)7-4-9-10(11(17)20)6-19(8-2-1-3-8)12(9)18-5-7/h4-6,8H,1-3H2,(H2,17,20). The van der Waals surface area contributed by atoms with Crippen LogP contribution in [0.5, 0.6) is 0 Å². The zero-order chi connectivity index (χ0) is 14.5. The Hall–Kier alpha value is -2.05. The Kier molecular flexibility index (Phi) is 2.74. The lowest BCUT2D eigenvalue weighted by Crippen LogP contribution is -2.17. The van der Waals surface area contributed by atoms with Crippen LogP contribution in [0.4, 0.5) is 13.2 Å². The van der Waals surface area contributed by atoms with Crippen LogP contribution < -0.4 is 5.73 Å². The number of alkyl halides is 3. The van der Waals surface area contributed by atoms with Crippen molar-refractivity contribution in [2.45, 2.75) is 31.5 Å². The van der Waals surface area contributed by atoms with Crippen LogP contribution in [0.25, 0.3) is 11.0 Å². The van der Waals surface area contributed by atoms with Crippen molar-refractivity contribution in [3.05, 3.63) is 29.6 Å². The molecule has 7 heteroatoms. The summed E-state index contributed by atoms with van der Waals surface area (Å²) in [6, 6.07) is 1.13. The lowest BCUT2D eigenvalue weighted by atomic mass is 9.93. The van der Waals surface area contributed by atoms with Gasteiger partial charge >= 0.3 is 6.18 Å². The molecule has 20 heavy (non-hydrogen) atoms. The van der Waals surface area contributed by atoms with Crippen LogP contribution in [-0.4, -0.2) is 15.5 Å². The summed E-state index contributed by atoms with van der Waals surface area (Å²) in [6.45, 7) is 0. The number of nitrogens with zero attached hydrogens (tertiary/aromatic N) is 2. The zero-order valence-corrected chi connectivity index (χ0v) is 10.4. The molecule has 0 atom stereocenters. The fourth-order valence-electron chi connectivity index (χ4n) is 2.43. The molecule has 0 saturated heterocycles. The van der Waals surface area contributed by atoms with Crippen molar-refractivity contribution in [1.29, 1.82) is 0 Å². The van der Waals surface area contributed by atoms with Gasteiger partial charge in [0, 0.05) is 23.8 Å². The summed E-state index contributed by atoms with van der Waals surface area (Å²) in [5, 5.41) is 0.166. The quantitative estimate of drug-likeness (QED) is 0.921. The van der Waals surface area contributed by atoms with Crippen LogP contribution in [0.15, 0.2) is 18.5 Å². The van der Waals surface area contributed by atoms with Gasteiger partial charge in [0.15, 0.2) is 0 Å². The number of nitrogens with two attached hydrogens (primary N) is 1. The minimum absolute atomic E-state index is 0.0884. The summed E-state index contributed by atoms with van der Waals surface area (Å²) < 4.78 is 39.9. The molecule has 2 aromatic rings. The van der Waals surface area contributed by atoms with Gasteiger partial charge in [0.25, 0.3) is 5.91 Å². The van der Waals surface area contributed by atoms with Gasteiger partial charge in [-0.15, -0.1) is 0 Å². The molecule has 4 nitrogen and oxygen atoms in total. The second kappa shape index (κ2) is 4.22. The molecule has 0 unspecified atom stereocenters. The van der Waals surface area contributed by atoms with E-state index in [2.05, 4.69) is 4.98 Å². The van der Waals surface area contributed by atoms with Crippen molar-refractivity contribution >= 4 is 16.9 Å². The molecule has 106 valence electrons. The molecule has 0 spiro atoms. The third kappa shape index (κ3) is 1.93. The first-order valence-corrected chi connectivity index (χ1v) is 6.25. The molecule has 1 amide bonds. The minimum atomic E-state index is -4.49. The van der Waals surface area contributed by atoms with Gasteiger partial charge < -0.3 is 10.3 Å². The molecular weight excluding hydrogens is 271 g/mol. The Bertz CT molecular complexity index is 686. The van der Waals surface area contributed by atoms with E-state index in [0.29, 0.717) is 5.65 Å². The van der Waals surface area contributed by atoms with Crippen molar-refractivity contribution in [1.82, 2.24) is 9.55 Å². The summed E-state index contributed by atoms with van der Waals surface area (Å²) in [5.41, 5.74) is 4.85. The van der Waals surface area contributed by atoms with E-state index in [1.165, 1.54) is 6.20 Å². The number of primary amides is 1. The highest BCUT2D eigenvalue weighted by Gasteiger charge is 2.32. The summed E-state index contributed by atoms with van der Waals surface area (Å²) in [5.74, 6) is -0.741. The zero-order valence-electron chi connectivity index (χ0n) is 10.4. The number of carbonyl (C=O) groups excluding carboxylic acids is 1. The van der Waals surface area contributed by atoms with E-state index in [0.717, 1.165) is 31.5 Å². The fraction of sp³-hybridized carbons (Fsp3) is 0.385. The number of aromatic nitrogens is 2. The number of carbonyl (C=O) groups is 1. The van der Waals surface area contributed by atoms with E-state index in [4.69, 9.17) is 5.73 Å². The van der Waals surface area contributed by atoms with Crippen LogP contribution in [-0.2, 0) is 6.18 Å². The van der Waals surface area contributed by atoms with Crippen LogP contribution in [0.1, 0.15) is 41.2 Å². The van der Waals surface area contributed by atoms with E-state index in [1.54, 1.807) is 4.57 Å². The van der Waals surface area contributed by atoms with Crippen molar-refractivity contribution in [3.63, 3.8) is 0 Å². The van der Waals surface area contributed by atoms with Crippen molar-refractivity contribution < 1.29 is 18.0 Å². The molecule has 0 aromatic carbocycles. The topological polar surface area (TPSA) is 60.9 Å². The minimum Gasteiger partial charge on any atom is -0.366 e. The Morgan fingerprint density at radius 1 is 1.40 bits per heavy atom. The van der Waals surface area contributed by atoms with Crippen LogP contribution >= 0.6 is 0 Å². The molecule has 1 fully saturated rings. The number of fused-ring (bicyclic) bond motifs is 1. The predicted octanol–water partition coefficient (Wildman–Crippen LogP) is 2.88. The normalized spacial score (nSPS) is 16.4. The van der Waals surface area contributed by atoms with Gasteiger partial charge in [-0.2, -0.15) is 13.2 Å². The third-order valence-corrected chi connectivity index (χ3v) is 3.73. The summed E-state index contributed by atoms with van der Waals surface area (Å²) >= 11 is 0. The molecule has 0 radical (unpaired) electrons. The van der Waals surface area contributed by atoms with E-state index < -0.39 is 17.6 Å². The molecule has 1 aliphatic rings. The van der Waals surface area contributed by atoms with Crippen molar-refractivity contribution in [2.75, 3.05) is 0 Å². The second-order valence-electron chi connectivity index (χ2n) is 4.99. The maximum Gasteiger partial charge on any atom is 0.417 e. The van der Waals surface area contributed by atoms with Crippen molar-refractivity contribution in [2.24, 2.45) is 5.73 Å². The average molecular weight is 283 g/mol. The van der Waals surface area contributed by atoms with Gasteiger partial charge in [-0.05, 0) is 25.3 Å². The maximum absolute atomic E-state index is 12.7. The first-order chi connectivity index (χ1) is 9.38. The van der Waals surface area contributed by atoms with Crippen LogP contribution in [0.3, 0.4) is 0 Å². The van der Waals surface area contributed by atoms with Gasteiger partial charge in [0.2, 0.25) is 0 Å². The van der Waals surface area contributed by atoms with Gasteiger partial charge in [-0.1, -0.05) is 0 Å². The molecule has 2 aromatic heterocycles. The predicted molar refractivity (Wildman–Crippen MR) is 66.1 cm³/mol. The average Bonchev–Trinajstić information content (AvgIpc) is 2.65. The molecular formula is C13H12F3N3O. The maximum atomic E-state index is 12.7. The Morgan fingerprint density at radius 3 is 2.60 bits per heavy atom. The molecule has 0 aliphatic heterocycles. The third-order valence-electron chi connectivity index (χ3n) is 3.73. The van der Waals surface area contributed by atoms with Gasteiger partial charge in [0.1, 0.15) is 5.65 Å². The lowest BCUT2D eigenvalue weighted by Gasteiger charge is -2.27. The highest BCUT2D eigenvalue weighted by molar-refractivity contribution is 6.05. The first kappa shape index (κ1) is 13.0. The number of pyridine rings is 1.